The predicted molar refractivity (Wildman–Crippen MR) is 68.0 cm³/mol. The molecule has 0 bridgehead atoms. The molecule has 2 aromatic heterocycles. The van der Waals surface area contributed by atoms with Crippen LogP contribution in [0.25, 0.3) is 11.2 Å². The van der Waals surface area contributed by atoms with Gasteiger partial charge < -0.3 is 0 Å². The fourth-order valence-electron chi connectivity index (χ4n) is 2.28. The number of nitrogens with zero attached hydrogens (tertiary/aromatic N) is 3. The maximum Gasteiger partial charge on any atom is 0.412 e. The number of imidazole rings is 1. The van der Waals surface area contributed by atoms with E-state index in [4.69, 9.17) is 11.6 Å². The van der Waals surface area contributed by atoms with Crippen LogP contribution in [0.3, 0.4) is 0 Å². The molecule has 3 nitrogen and oxygen atoms in total. The second kappa shape index (κ2) is 4.09. The minimum atomic E-state index is -4.32. The summed E-state index contributed by atoms with van der Waals surface area (Å²) in [5.41, 5.74) is -1.23. The summed E-state index contributed by atoms with van der Waals surface area (Å²) in [7, 11) is 0. The van der Waals surface area contributed by atoms with E-state index in [0.29, 0.717) is 9.99 Å². The lowest BCUT2D eigenvalue weighted by molar-refractivity contribution is -0.179. The lowest BCUT2D eigenvalue weighted by atomic mass is 10.2. The Balaban J connectivity index is 2.28. The molecule has 0 saturated heterocycles. The molecule has 19 heavy (non-hydrogen) atoms. The van der Waals surface area contributed by atoms with Gasteiger partial charge in [-0.15, -0.1) is 11.6 Å². The van der Waals surface area contributed by atoms with Crippen molar-refractivity contribution < 1.29 is 13.2 Å². The zero-order valence-electron chi connectivity index (χ0n) is 9.51. The van der Waals surface area contributed by atoms with Crippen LogP contribution in [0, 0.1) is 0 Å². The van der Waals surface area contributed by atoms with Crippen molar-refractivity contribution in [3.63, 3.8) is 0 Å². The first kappa shape index (κ1) is 13.2. The van der Waals surface area contributed by atoms with E-state index in [1.54, 1.807) is 6.07 Å². The van der Waals surface area contributed by atoms with E-state index < -0.39 is 11.7 Å². The Labute approximate surface area is 119 Å². The molecule has 0 N–H and O–H groups in total. The van der Waals surface area contributed by atoms with Crippen LogP contribution < -0.4 is 0 Å². The molecule has 0 amide bonds. The van der Waals surface area contributed by atoms with Crippen molar-refractivity contribution in [2.24, 2.45) is 0 Å². The molecule has 0 spiro atoms. The van der Waals surface area contributed by atoms with E-state index in [-0.39, 0.29) is 30.2 Å². The molecule has 102 valence electrons. The summed E-state index contributed by atoms with van der Waals surface area (Å²) in [6.07, 6.45) is -2.77. The van der Waals surface area contributed by atoms with Crippen molar-refractivity contribution in [3.8, 4) is 0 Å². The number of hydrogen-bond acceptors (Lipinski definition) is 2. The quantitative estimate of drug-likeness (QED) is 0.764. The molecule has 1 aliphatic rings. The molecule has 8 heteroatoms. The van der Waals surface area contributed by atoms with Gasteiger partial charge in [0, 0.05) is 10.7 Å². The van der Waals surface area contributed by atoms with Crippen LogP contribution in [0.15, 0.2) is 16.7 Å². The van der Waals surface area contributed by atoms with Crippen LogP contribution in [0.4, 0.5) is 13.2 Å². The molecule has 3 rings (SSSR count). The Kier molecular flexibility index (Phi) is 2.83. The van der Waals surface area contributed by atoms with Gasteiger partial charge in [-0.25, -0.2) is 9.97 Å². The smallest absolute Gasteiger partial charge is 0.296 e. The summed E-state index contributed by atoms with van der Waals surface area (Å²) < 4.78 is 41.6. The van der Waals surface area contributed by atoms with Gasteiger partial charge in [-0.05, 0) is 34.8 Å². The average molecular weight is 355 g/mol. The summed E-state index contributed by atoms with van der Waals surface area (Å²) in [5.74, 6) is 0.128. The second-order valence-corrected chi connectivity index (χ2v) is 5.71. The van der Waals surface area contributed by atoms with Crippen LogP contribution in [-0.2, 0) is 11.4 Å². The molecule has 2 heterocycles. The SMILES string of the molecule is FC(F)(F)C1(n2c(CCl)nc3cc(Br)cnc32)CC1. The molecular formula is C11H8BrClF3N3. The molecule has 2 aromatic rings. The minimum Gasteiger partial charge on any atom is -0.296 e. The van der Waals surface area contributed by atoms with Crippen LogP contribution in [0.1, 0.15) is 18.7 Å². The van der Waals surface area contributed by atoms with Crippen molar-refractivity contribution in [2.45, 2.75) is 30.4 Å². The maximum absolute atomic E-state index is 13.3. The van der Waals surface area contributed by atoms with Gasteiger partial charge in [-0.2, -0.15) is 13.2 Å². The Hall–Kier alpha value is -0.820. The van der Waals surface area contributed by atoms with E-state index in [1.807, 2.05) is 0 Å². The fraction of sp³-hybridized carbons (Fsp3) is 0.455. The molecular weight excluding hydrogens is 346 g/mol. The molecule has 0 aromatic carbocycles. The van der Waals surface area contributed by atoms with Gasteiger partial charge in [0.2, 0.25) is 0 Å². The van der Waals surface area contributed by atoms with Gasteiger partial charge >= 0.3 is 6.18 Å². The number of hydrogen-bond donors (Lipinski definition) is 0. The summed E-state index contributed by atoms with van der Waals surface area (Å²) in [6, 6.07) is 1.64. The molecule has 1 fully saturated rings. The lowest BCUT2D eigenvalue weighted by Crippen LogP contribution is -2.36. The highest BCUT2D eigenvalue weighted by molar-refractivity contribution is 9.10. The largest absolute Gasteiger partial charge is 0.412 e. The topological polar surface area (TPSA) is 30.7 Å². The number of pyridine rings is 1. The summed E-state index contributed by atoms with van der Waals surface area (Å²) in [4.78, 5) is 8.21. The molecule has 0 radical (unpaired) electrons. The maximum atomic E-state index is 13.3. The monoisotopic (exact) mass is 353 g/mol. The van der Waals surface area contributed by atoms with Crippen molar-refractivity contribution in [3.05, 3.63) is 22.6 Å². The first-order valence-corrected chi connectivity index (χ1v) is 6.88. The number of rotatable bonds is 2. The third-order valence-electron chi connectivity index (χ3n) is 3.33. The summed E-state index contributed by atoms with van der Waals surface area (Å²) in [5, 5.41) is 0. The molecule has 1 aliphatic carbocycles. The standard InChI is InChI=1S/C11H8BrClF3N3/c12-6-3-7-9(17-5-6)19(8(4-13)18-7)10(1-2-10)11(14,15)16/h3,5H,1-2,4H2. The normalized spacial score (nSPS) is 17.9. The molecule has 0 aliphatic heterocycles. The number of aromatic nitrogens is 3. The lowest BCUT2D eigenvalue weighted by Gasteiger charge is -2.22. The van der Waals surface area contributed by atoms with E-state index in [0.717, 1.165) is 4.57 Å². The van der Waals surface area contributed by atoms with Crippen molar-refractivity contribution >= 4 is 38.7 Å². The summed E-state index contributed by atoms with van der Waals surface area (Å²) in [6.45, 7) is 0. The minimum absolute atomic E-state index is 0.0452. The van der Waals surface area contributed by atoms with Crippen molar-refractivity contribution in [2.75, 3.05) is 0 Å². The first-order valence-electron chi connectivity index (χ1n) is 5.55. The average Bonchev–Trinajstić information content (AvgIpc) is 3.05. The van der Waals surface area contributed by atoms with E-state index in [2.05, 4.69) is 25.9 Å². The van der Waals surface area contributed by atoms with Gasteiger partial charge in [0.25, 0.3) is 0 Å². The van der Waals surface area contributed by atoms with Crippen molar-refractivity contribution in [1.29, 1.82) is 0 Å². The Morgan fingerprint density at radius 1 is 1.42 bits per heavy atom. The fourth-order valence-corrected chi connectivity index (χ4v) is 2.78. The second-order valence-electron chi connectivity index (χ2n) is 4.52. The van der Waals surface area contributed by atoms with Crippen LogP contribution in [0.5, 0.6) is 0 Å². The van der Waals surface area contributed by atoms with Gasteiger partial charge in [0.1, 0.15) is 16.9 Å². The Morgan fingerprint density at radius 2 is 2.11 bits per heavy atom. The van der Waals surface area contributed by atoms with Gasteiger partial charge in [0.05, 0.1) is 5.88 Å². The molecule has 0 atom stereocenters. The Morgan fingerprint density at radius 3 is 2.63 bits per heavy atom. The van der Waals surface area contributed by atoms with E-state index in [9.17, 15) is 13.2 Å². The van der Waals surface area contributed by atoms with Gasteiger partial charge in [0.15, 0.2) is 5.65 Å². The zero-order chi connectivity index (χ0) is 13.8. The third kappa shape index (κ3) is 1.86. The first-order chi connectivity index (χ1) is 8.89. The highest BCUT2D eigenvalue weighted by Crippen LogP contribution is 2.56. The van der Waals surface area contributed by atoms with Crippen LogP contribution >= 0.6 is 27.5 Å². The number of halogens is 5. The van der Waals surface area contributed by atoms with Gasteiger partial charge in [-0.1, -0.05) is 0 Å². The third-order valence-corrected chi connectivity index (χ3v) is 4.00. The Bertz CT molecular complexity index is 648. The van der Waals surface area contributed by atoms with Crippen LogP contribution in [-0.4, -0.2) is 20.7 Å². The van der Waals surface area contributed by atoms with Crippen molar-refractivity contribution in [1.82, 2.24) is 14.5 Å². The highest BCUT2D eigenvalue weighted by Gasteiger charge is 2.66. The van der Waals surface area contributed by atoms with E-state index >= 15 is 0 Å². The number of fused-ring (bicyclic) bond motifs is 1. The van der Waals surface area contributed by atoms with Crippen LogP contribution in [0.2, 0.25) is 0 Å². The molecule has 0 unspecified atom stereocenters. The predicted octanol–water partition coefficient (Wildman–Crippen LogP) is 3.98. The highest BCUT2D eigenvalue weighted by atomic mass is 79.9. The van der Waals surface area contributed by atoms with Gasteiger partial charge in [-0.3, -0.25) is 4.57 Å². The zero-order valence-corrected chi connectivity index (χ0v) is 11.8. The number of alkyl halides is 4. The molecule has 1 saturated carbocycles. The summed E-state index contributed by atoms with van der Waals surface area (Å²) >= 11 is 8.96. The van der Waals surface area contributed by atoms with E-state index in [1.165, 1.54) is 6.20 Å².